The van der Waals surface area contributed by atoms with Crippen molar-refractivity contribution in [1.29, 1.82) is 0 Å². The topological polar surface area (TPSA) is 43.7 Å². The molecule has 0 unspecified atom stereocenters. The van der Waals surface area contributed by atoms with Crippen LogP contribution in [-0.2, 0) is 6.54 Å². The Hall–Kier alpha value is -1.85. The SMILES string of the molecule is CCN(Cc1ccc(F)c(B(O)O)c1)c1ccc(C)cc1. The molecule has 0 saturated carbocycles. The third-order valence-electron chi connectivity index (χ3n) is 3.49. The summed E-state index contributed by atoms with van der Waals surface area (Å²) in [5, 5.41) is 18.3. The highest BCUT2D eigenvalue weighted by atomic mass is 19.1. The summed E-state index contributed by atoms with van der Waals surface area (Å²) in [6, 6.07) is 12.6. The Bertz CT molecular complexity index is 602. The summed E-state index contributed by atoms with van der Waals surface area (Å²) < 4.78 is 13.5. The number of hydrogen-bond acceptors (Lipinski definition) is 3. The van der Waals surface area contributed by atoms with Crippen LogP contribution >= 0.6 is 0 Å². The monoisotopic (exact) mass is 287 g/mol. The Kier molecular flexibility index (Phi) is 4.99. The van der Waals surface area contributed by atoms with E-state index in [0.717, 1.165) is 17.8 Å². The van der Waals surface area contributed by atoms with Crippen LogP contribution in [0.5, 0.6) is 0 Å². The first-order valence-electron chi connectivity index (χ1n) is 6.97. The van der Waals surface area contributed by atoms with Gasteiger partial charge in [-0.25, -0.2) is 4.39 Å². The molecule has 0 aliphatic rings. The summed E-state index contributed by atoms with van der Waals surface area (Å²) in [5.41, 5.74) is 3.02. The van der Waals surface area contributed by atoms with E-state index in [4.69, 9.17) is 10.0 Å². The maximum absolute atomic E-state index is 13.5. The molecule has 0 radical (unpaired) electrons. The minimum atomic E-state index is -1.79. The van der Waals surface area contributed by atoms with Gasteiger partial charge in [0, 0.05) is 24.2 Å². The summed E-state index contributed by atoms with van der Waals surface area (Å²) in [6.45, 7) is 5.47. The largest absolute Gasteiger partial charge is 0.491 e. The molecular weight excluding hydrogens is 268 g/mol. The molecule has 0 saturated heterocycles. The van der Waals surface area contributed by atoms with E-state index in [9.17, 15) is 4.39 Å². The maximum Gasteiger partial charge on any atom is 0.491 e. The smallest absolute Gasteiger partial charge is 0.423 e. The van der Waals surface area contributed by atoms with Gasteiger partial charge in [0.15, 0.2) is 0 Å². The Morgan fingerprint density at radius 3 is 2.33 bits per heavy atom. The summed E-state index contributed by atoms with van der Waals surface area (Å²) >= 11 is 0. The van der Waals surface area contributed by atoms with E-state index in [-0.39, 0.29) is 5.46 Å². The van der Waals surface area contributed by atoms with Gasteiger partial charge in [0.05, 0.1) is 0 Å². The van der Waals surface area contributed by atoms with Crippen LogP contribution in [0.15, 0.2) is 42.5 Å². The maximum atomic E-state index is 13.5. The van der Waals surface area contributed by atoms with Crippen LogP contribution in [0.1, 0.15) is 18.1 Å². The van der Waals surface area contributed by atoms with Crippen molar-refractivity contribution >= 4 is 18.3 Å². The first kappa shape index (κ1) is 15.5. The lowest BCUT2D eigenvalue weighted by Crippen LogP contribution is -2.33. The van der Waals surface area contributed by atoms with Crippen LogP contribution in [0.25, 0.3) is 0 Å². The van der Waals surface area contributed by atoms with Gasteiger partial charge in [-0.2, -0.15) is 0 Å². The van der Waals surface area contributed by atoms with Crippen molar-refractivity contribution in [2.24, 2.45) is 0 Å². The zero-order chi connectivity index (χ0) is 15.4. The summed E-state index contributed by atoms with van der Waals surface area (Å²) in [7, 11) is -1.79. The highest BCUT2D eigenvalue weighted by Gasteiger charge is 2.17. The molecule has 2 aromatic carbocycles. The number of anilines is 1. The van der Waals surface area contributed by atoms with Crippen molar-refractivity contribution in [3.05, 3.63) is 59.4 Å². The summed E-state index contributed by atoms with van der Waals surface area (Å²) in [4.78, 5) is 2.14. The first-order valence-corrected chi connectivity index (χ1v) is 6.97. The van der Waals surface area contributed by atoms with Crippen LogP contribution in [0.2, 0.25) is 0 Å². The molecule has 2 aromatic rings. The predicted octanol–water partition coefficient (Wildman–Crippen LogP) is 1.84. The number of benzene rings is 2. The fourth-order valence-corrected chi connectivity index (χ4v) is 2.25. The molecule has 0 aliphatic carbocycles. The van der Waals surface area contributed by atoms with Gasteiger partial charge in [-0.1, -0.05) is 29.8 Å². The van der Waals surface area contributed by atoms with Gasteiger partial charge in [-0.15, -0.1) is 0 Å². The molecule has 2 rings (SSSR count). The molecule has 0 amide bonds. The third kappa shape index (κ3) is 3.83. The molecule has 0 aliphatic heterocycles. The third-order valence-corrected chi connectivity index (χ3v) is 3.49. The van der Waals surface area contributed by atoms with Gasteiger partial charge in [-0.05, 0) is 37.6 Å². The molecule has 2 N–H and O–H groups in total. The molecule has 5 heteroatoms. The second-order valence-corrected chi connectivity index (χ2v) is 5.08. The van der Waals surface area contributed by atoms with E-state index in [2.05, 4.69) is 4.90 Å². The predicted molar refractivity (Wildman–Crippen MR) is 84.1 cm³/mol. The number of rotatable bonds is 5. The molecule has 21 heavy (non-hydrogen) atoms. The number of nitrogens with zero attached hydrogens (tertiary/aromatic N) is 1. The van der Waals surface area contributed by atoms with Crippen molar-refractivity contribution in [3.8, 4) is 0 Å². The standard InChI is InChI=1S/C16H19BFNO2/c1-3-19(14-7-4-12(2)5-8-14)11-13-6-9-16(18)15(10-13)17(20)21/h4-10,20-21H,3,11H2,1-2H3. The molecule has 0 atom stereocenters. The van der Waals surface area contributed by atoms with Crippen molar-refractivity contribution in [2.75, 3.05) is 11.4 Å². The Balaban J connectivity index is 2.22. The average Bonchev–Trinajstić information content (AvgIpc) is 2.47. The van der Waals surface area contributed by atoms with E-state index in [1.807, 2.05) is 38.1 Å². The van der Waals surface area contributed by atoms with Crippen molar-refractivity contribution in [3.63, 3.8) is 0 Å². The van der Waals surface area contributed by atoms with E-state index >= 15 is 0 Å². The van der Waals surface area contributed by atoms with E-state index < -0.39 is 12.9 Å². The second kappa shape index (κ2) is 6.74. The van der Waals surface area contributed by atoms with Crippen molar-refractivity contribution in [2.45, 2.75) is 20.4 Å². The lowest BCUT2D eigenvalue weighted by molar-refractivity contribution is 0.423. The molecular formula is C16H19BFNO2. The summed E-state index contributed by atoms with van der Waals surface area (Å²) in [5.74, 6) is -0.605. The lowest BCUT2D eigenvalue weighted by atomic mass is 9.79. The van der Waals surface area contributed by atoms with E-state index in [1.165, 1.54) is 17.7 Å². The zero-order valence-electron chi connectivity index (χ0n) is 12.3. The lowest BCUT2D eigenvalue weighted by Gasteiger charge is -2.23. The normalized spacial score (nSPS) is 10.5. The number of halogens is 1. The quantitative estimate of drug-likeness (QED) is 0.825. The average molecular weight is 287 g/mol. The second-order valence-electron chi connectivity index (χ2n) is 5.08. The fraction of sp³-hybridized carbons (Fsp3) is 0.250. The minimum Gasteiger partial charge on any atom is -0.423 e. The summed E-state index contributed by atoms with van der Waals surface area (Å²) in [6.07, 6.45) is 0. The Labute approximate surface area is 124 Å². The van der Waals surface area contributed by atoms with E-state index in [0.29, 0.717) is 6.54 Å². The van der Waals surface area contributed by atoms with Gasteiger partial charge in [0.2, 0.25) is 0 Å². The van der Waals surface area contributed by atoms with Crippen LogP contribution in [0.4, 0.5) is 10.1 Å². The molecule has 0 fully saturated rings. The molecule has 0 aromatic heterocycles. The van der Waals surface area contributed by atoms with Crippen molar-refractivity contribution < 1.29 is 14.4 Å². The Morgan fingerprint density at radius 1 is 1.10 bits per heavy atom. The molecule has 0 bridgehead atoms. The van der Waals surface area contributed by atoms with Crippen LogP contribution in [0, 0.1) is 12.7 Å². The molecule has 110 valence electrons. The van der Waals surface area contributed by atoms with Crippen LogP contribution in [0.3, 0.4) is 0 Å². The van der Waals surface area contributed by atoms with Crippen LogP contribution < -0.4 is 10.4 Å². The van der Waals surface area contributed by atoms with Gasteiger partial charge in [0.1, 0.15) is 5.82 Å². The van der Waals surface area contributed by atoms with Gasteiger partial charge in [-0.3, -0.25) is 0 Å². The molecule has 0 spiro atoms. The number of aryl methyl sites for hydroxylation is 1. The van der Waals surface area contributed by atoms with Gasteiger partial charge in [0.25, 0.3) is 0 Å². The highest BCUT2D eigenvalue weighted by Crippen LogP contribution is 2.17. The fourth-order valence-electron chi connectivity index (χ4n) is 2.25. The van der Waals surface area contributed by atoms with Gasteiger partial charge < -0.3 is 14.9 Å². The highest BCUT2D eigenvalue weighted by molar-refractivity contribution is 6.58. The molecule has 3 nitrogen and oxygen atoms in total. The molecule has 0 heterocycles. The van der Waals surface area contributed by atoms with Crippen molar-refractivity contribution in [1.82, 2.24) is 0 Å². The Morgan fingerprint density at radius 2 is 1.76 bits per heavy atom. The zero-order valence-corrected chi connectivity index (χ0v) is 12.3. The van der Waals surface area contributed by atoms with Gasteiger partial charge >= 0.3 is 7.12 Å². The van der Waals surface area contributed by atoms with E-state index in [1.54, 1.807) is 6.07 Å². The number of hydrogen-bond donors (Lipinski definition) is 2. The first-order chi connectivity index (χ1) is 10.0. The van der Waals surface area contributed by atoms with Crippen LogP contribution in [-0.4, -0.2) is 23.7 Å². The minimum absolute atomic E-state index is 0.0903.